The molecule has 4 heteroatoms. The number of carboxylic acids is 1. The number of aromatic nitrogens is 2. The molecule has 1 N–H and O–H groups in total. The van der Waals surface area contributed by atoms with Gasteiger partial charge in [0.25, 0.3) is 0 Å². The molecular weight excluding hydrogens is 240 g/mol. The Hall–Kier alpha value is -1.84. The lowest BCUT2D eigenvalue weighted by molar-refractivity contribution is -0.137. The first-order valence-corrected chi connectivity index (χ1v) is 6.62. The molecule has 0 bridgehead atoms. The highest BCUT2D eigenvalue weighted by atomic mass is 16.4. The zero-order valence-corrected chi connectivity index (χ0v) is 11.8. The van der Waals surface area contributed by atoms with Crippen molar-refractivity contribution in [1.29, 1.82) is 0 Å². The molecule has 1 aromatic heterocycles. The van der Waals surface area contributed by atoms with E-state index < -0.39 is 5.97 Å². The number of rotatable bonds is 4. The highest BCUT2D eigenvalue weighted by Gasteiger charge is 2.15. The summed E-state index contributed by atoms with van der Waals surface area (Å²) in [5.74, 6) is -0.139. The van der Waals surface area contributed by atoms with Crippen LogP contribution in [0.5, 0.6) is 0 Å². The molecule has 0 fully saturated rings. The molecule has 102 valence electrons. The topological polar surface area (TPSA) is 55.1 Å². The average Bonchev–Trinajstić information content (AvgIpc) is 2.66. The van der Waals surface area contributed by atoms with Crippen LogP contribution in [-0.2, 0) is 11.3 Å². The minimum Gasteiger partial charge on any atom is -0.480 e. The number of carboxylic acid groups (broad SMARTS) is 1. The number of benzene rings is 1. The molecule has 0 saturated carbocycles. The van der Waals surface area contributed by atoms with Gasteiger partial charge in [0.15, 0.2) is 0 Å². The fourth-order valence-electron chi connectivity index (χ4n) is 2.26. The van der Waals surface area contributed by atoms with Crippen LogP contribution in [0.1, 0.15) is 50.8 Å². The summed E-state index contributed by atoms with van der Waals surface area (Å²) in [7, 11) is 0. The molecule has 0 amide bonds. The van der Waals surface area contributed by atoms with Gasteiger partial charge in [0.2, 0.25) is 0 Å². The van der Waals surface area contributed by atoms with Crippen molar-refractivity contribution in [3.05, 3.63) is 29.5 Å². The third kappa shape index (κ3) is 2.62. The lowest BCUT2D eigenvalue weighted by atomic mass is 9.98. The second-order valence-electron chi connectivity index (χ2n) is 5.52. The number of nitrogens with zero attached hydrogens (tertiary/aromatic N) is 2. The largest absolute Gasteiger partial charge is 0.480 e. The molecule has 0 aliphatic rings. The molecular formula is C15H20N2O2. The van der Waals surface area contributed by atoms with E-state index >= 15 is 0 Å². The van der Waals surface area contributed by atoms with Crippen LogP contribution < -0.4 is 0 Å². The minimum atomic E-state index is -0.868. The maximum Gasteiger partial charge on any atom is 0.325 e. The Bertz CT molecular complexity index is 612. The maximum atomic E-state index is 10.9. The van der Waals surface area contributed by atoms with E-state index in [-0.39, 0.29) is 12.5 Å². The fourth-order valence-corrected chi connectivity index (χ4v) is 2.26. The molecule has 0 radical (unpaired) electrons. The van der Waals surface area contributed by atoms with Crippen LogP contribution in [0.25, 0.3) is 10.9 Å². The van der Waals surface area contributed by atoms with E-state index in [2.05, 4.69) is 44.9 Å². The highest BCUT2D eigenvalue weighted by Crippen LogP contribution is 2.28. The number of hydrogen-bond acceptors (Lipinski definition) is 2. The first kappa shape index (κ1) is 13.6. The van der Waals surface area contributed by atoms with E-state index in [1.807, 2.05) is 6.07 Å². The van der Waals surface area contributed by atoms with Crippen LogP contribution in [0.2, 0.25) is 0 Å². The van der Waals surface area contributed by atoms with E-state index in [9.17, 15) is 4.79 Å². The molecule has 19 heavy (non-hydrogen) atoms. The maximum absolute atomic E-state index is 10.9. The quantitative estimate of drug-likeness (QED) is 0.917. The van der Waals surface area contributed by atoms with Gasteiger partial charge in [-0.05, 0) is 29.5 Å². The summed E-state index contributed by atoms with van der Waals surface area (Å²) in [4.78, 5) is 10.9. The molecule has 4 nitrogen and oxygen atoms in total. The smallest absolute Gasteiger partial charge is 0.325 e. The molecule has 0 spiro atoms. The van der Waals surface area contributed by atoms with Crippen LogP contribution in [0.15, 0.2) is 18.2 Å². The zero-order chi connectivity index (χ0) is 14.2. The Morgan fingerprint density at radius 2 is 1.95 bits per heavy atom. The predicted molar refractivity (Wildman–Crippen MR) is 75.5 cm³/mol. The van der Waals surface area contributed by atoms with Crippen molar-refractivity contribution >= 4 is 16.9 Å². The Kier molecular flexibility index (Phi) is 3.60. The number of carbonyl (C=O) groups is 1. The van der Waals surface area contributed by atoms with Gasteiger partial charge in [-0.25, -0.2) is 0 Å². The summed E-state index contributed by atoms with van der Waals surface area (Å²) in [6, 6.07) is 6.17. The van der Waals surface area contributed by atoms with Gasteiger partial charge in [-0.2, -0.15) is 5.10 Å². The number of aliphatic carboxylic acids is 1. The Morgan fingerprint density at radius 3 is 2.47 bits per heavy atom. The summed E-state index contributed by atoms with van der Waals surface area (Å²) < 4.78 is 1.58. The summed E-state index contributed by atoms with van der Waals surface area (Å²) >= 11 is 0. The Labute approximate surface area is 113 Å². The van der Waals surface area contributed by atoms with Gasteiger partial charge in [0, 0.05) is 5.39 Å². The molecule has 1 heterocycles. The Balaban J connectivity index is 2.64. The van der Waals surface area contributed by atoms with Crippen molar-refractivity contribution < 1.29 is 9.90 Å². The lowest BCUT2D eigenvalue weighted by Crippen LogP contribution is -2.10. The Morgan fingerprint density at radius 1 is 1.26 bits per heavy atom. The predicted octanol–water partition coefficient (Wildman–Crippen LogP) is 3.37. The van der Waals surface area contributed by atoms with Crippen molar-refractivity contribution in [2.24, 2.45) is 0 Å². The van der Waals surface area contributed by atoms with E-state index in [0.717, 1.165) is 16.6 Å². The molecule has 0 aliphatic heterocycles. The SMILES string of the molecule is CC(C)c1ccc2c(c1)c(C(C)C)nn2CC(=O)O. The van der Waals surface area contributed by atoms with Gasteiger partial charge in [-0.15, -0.1) is 0 Å². The van der Waals surface area contributed by atoms with Crippen LogP contribution in [0.4, 0.5) is 0 Å². The van der Waals surface area contributed by atoms with Gasteiger partial charge >= 0.3 is 5.97 Å². The normalized spacial score (nSPS) is 11.7. The molecule has 2 rings (SSSR count). The van der Waals surface area contributed by atoms with Crippen molar-refractivity contribution in [2.45, 2.75) is 46.1 Å². The van der Waals surface area contributed by atoms with Crippen molar-refractivity contribution in [1.82, 2.24) is 9.78 Å². The monoisotopic (exact) mass is 260 g/mol. The number of hydrogen-bond donors (Lipinski definition) is 1. The van der Waals surface area contributed by atoms with Gasteiger partial charge in [0.05, 0.1) is 11.2 Å². The summed E-state index contributed by atoms with van der Waals surface area (Å²) in [6.45, 7) is 8.36. The van der Waals surface area contributed by atoms with E-state index in [1.165, 1.54) is 5.56 Å². The van der Waals surface area contributed by atoms with E-state index in [4.69, 9.17) is 5.11 Å². The second kappa shape index (κ2) is 5.03. The van der Waals surface area contributed by atoms with Crippen molar-refractivity contribution in [2.75, 3.05) is 0 Å². The number of fused-ring (bicyclic) bond motifs is 1. The van der Waals surface area contributed by atoms with Crippen LogP contribution in [0.3, 0.4) is 0 Å². The molecule has 0 atom stereocenters. The summed E-state index contributed by atoms with van der Waals surface area (Å²) in [6.07, 6.45) is 0. The van der Waals surface area contributed by atoms with E-state index in [1.54, 1.807) is 4.68 Å². The molecule has 2 aromatic rings. The molecule has 1 aromatic carbocycles. The van der Waals surface area contributed by atoms with Crippen LogP contribution >= 0.6 is 0 Å². The lowest BCUT2D eigenvalue weighted by Gasteiger charge is -2.06. The highest BCUT2D eigenvalue weighted by molar-refractivity contribution is 5.84. The first-order valence-electron chi connectivity index (χ1n) is 6.62. The van der Waals surface area contributed by atoms with E-state index in [0.29, 0.717) is 5.92 Å². The third-order valence-corrected chi connectivity index (χ3v) is 3.30. The molecule has 0 saturated heterocycles. The van der Waals surface area contributed by atoms with Crippen LogP contribution in [-0.4, -0.2) is 20.9 Å². The van der Waals surface area contributed by atoms with Crippen molar-refractivity contribution in [3.8, 4) is 0 Å². The molecule has 0 unspecified atom stereocenters. The first-order chi connectivity index (χ1) is 8.90. The van der Waals surface area contributed by atoms with Crippen molar-refractivity contribution in [3.63, 3.8) is 0 Å². The summed E-state index contributed by atoms with van der Waals surface area (Å²) in [5, 5.41) is 14.5. The average molecular weight is 260 g/mol. The van der Waals surface area contributed by atoms with Gasteiger partial charge < -0.3 is 5.11 Å². The fraction of sp³-hybridized carbons (Fsp3) is 0.467. The molecule has 0 aliphatic carbocycles. The van der Waals surface area contributed by atoms with Gasteiger partial charge in [-0.3, -0.25) is 9.48 Å². The summed E-state index contributed by atoms with van der Waals surface area (Å²) in [5.41, 5.74) is 3.12. The third-order valence-electron chi connectivity index (χ3n) is 3.30. The minimum absolute atomic E-state index is 0.0930. The van der Waals surface area contributed by atoms with Crippen LogP contribution in [0, 0.1) is 0 Å². The van der Waals surface area contributed by atoms with Gasteiger partial charge in [-0.1, -0.05) is 33.8 Å². The second-order valence-corrected chi connectivity index (χ2v) is 5.52. The zero-order valence-electron chi connectivity index (χ0n) is 11.8. The van der Waals surface area contributed by atoms with Gasteiger partial charge in [0.1, 0.15) is 6.54 Å². The standard InChI is InChI=1S/C15H20N2O2/c1-9(2)11-5-6-13-12(7-11)15(10(3)4)16-17(13)8-14(18)19/h5-7,9-10H,8H2,1-4H3,(H,18,19).